The van der Waals surface area contributed by atoms with Crippen LogP contribution in [0.2, 0.25) is 0 Å². The number of hydrogen-bond donors (Lipinski definition) is 1. The molecule has 2 N–H and O–H groups in total. The van der Waals surface area contributed by atoms with Gasteiger partial charge in [-0.1, -0.05) is 41.6 Å². The standard InChI is InChI=1S/C15H21BrFN/c16-13-7-12(8-14(17)9-13)10-15(11-18)5-3-1-2-4-6-15/h7-9H,1-6,10-11,18H2. The van der Waals surface area contributed by atoms with Crippen LogP contribution in [0.4, 0.5) is 4.39 Å². The normalized spacial score (nSPS) is 19.5. The molecule has 0 aliphatic heterocycles. The van der Waals surface area contributed by atoms with E-state index < -0.39 is 0 Å². The van der Waals surface area contributed by atoms with E-state index in [1.807, 2.05) is 6.07 Å². The maximum atomic E-state index is 13.4. The highest BCUT2D eigenvalue weighted by Crippen LogP contribution is 2.37. The van der Waals surface area contributed by atoms with E-state index in [4.69, 9.17) is 5.73 Å². The van der Waals surface area contributed by atoms with Gasteiger partial charge in [-0.25, -0.2) is 4.39 Å². The van der Waals surface area contributed by atoms with E-state index in [1.54, 1.807) is 6.07 Å². The molecular weight excluding hydrogens is 293 g/mol. The first-order chi connectivity index (χ1) is 8.63. The van der Waals surface area contributed by atoms with Gasteiger partial charge < -0.3 is 5.73 Å². The molecule has 0 saturated heterocycles. The number of rotatable bonds is 3. The predicted octanol–water partition coefficient (Wildman–Crippen LogP) is 4.43. The fourth-order valence-electron chi connectivity index (χ4n) is 3.08. The topological polar surface area (TPSA) is 26.0 Å². The zero-order valence-corrected chi connectivity index (χ0v) is 12.3. The smallest absolute Gasteiger partial charge is 0.124 e. The van der Waals surface area contributed by atoms with Crippen LogP contribution < -0.4 is 5.73 Å². The first-order valence-electron chi connectivity index (χ1n) is 6.79. The first kappa shape index (κ1) is 14.0. The summed E-state index contributed by atoms with van der Waals surface area (Å²) in [5, 5.41) is 0. The summed E-state index contributed by atoms with van der Waals surface area (Å²) in [6, 6.07) is 5.17. The number of benzene rings is 1. The Hall–Kier alpha value is -0.410. The third-order valence-corrected chi connectivity index (χ3v) is 4.56. The van der Waals surface area contributed by atoms with E-state index in [0.29, 0.717) is 6.54 Å². The van der Waals surface area contributed by atoms with Crippen LogP contribution in [0, 0.1) is 11.2 Å². The van der Waals surface area contributed by atoms with Gasteiger partial charge in [-0.05, 0) is 55.0 Å². The zero-order chi connectivity index (χ0) is 13.0. The molecule has 3 heteroatoms. The van der Waals surface area contributed by atoms with Crippen molar-refractivity contribution in [3.05, 3.63) is 34.1 Å². The maximum absolute atomic E-state index is 13.4. The van der Waals surface area contributed by atoms with Gasteiger partial charge in [-0.15, -0.1) is 0 Å². The first-order valence-corrected chi connectivity index (χ1v) is 7.58. The molecule has 0 bridgehead atoms. The third-order valence-electron chi connectivity index (χ3n) is 4.10. The molecule has 1 aromatic rings. The van der Waals surface area contributed by atoms with Gasteiger partial charge in [0, 0.05) is 4.47 Å². The van der Waals surface area contributed by atoms with Gasteiger partial charge in [0.25, 0.3) is 0 Å². The fourth-order valence-corrected chi connectivity index (χ4v) is 3.59. The molecule has 1 fully saturated rings. The van der Waals surface area contributed by atoms with E-state index in [-0.39, 0.29) is 11.2 Å². The molecular formula is C15H21BrFN. The van der Waals surface area contributed by atoms with Crippen molar-refractivity contribution in [2.75, 3.05) is 6.54 Å². The molecule has 18 heavy (non-hydrogen) atoms. The minimum atomic E-state index is -0.167. The zero-order valence-electron chi connectivity index (χ0n) is 10.7. The molecule has 1 saturated carbocycles. The summed E-state index contributed by atoms with van der Waals surface area (Å²) in [6.07, 6.45) is 8.40. The Morgan fingerprint density at radius 2 is 1.78 bits per heavy atom. The molecule has 0 radical (unpaired) electrons. The Balaban J connectivity index is 2.17. The number of hydrogen-bond acceptors (Lipinski definition) is 1. The molecule has 0 heterocycles. The highest BCUT2D eigenvalue weighted by Gasteiger charge is 2.29. The van der Waals surface area contributed by atoms with Crippen molar-refractivity contribution < 1.29 is 4.39 Å². The molecule has 100 valence electrons. The molecule has 1 aromatic carbocycles. The quantitative estimate of drug-likeness (QED) is 0.821. The van der Waals surface area contributed by atoms with E-state index in [9.17, 15) is 4.39 Å². The Kier molecular flexibility index (Phi) is 4.79. The van der Waals surface area contributed by atoms with Gasteiger partial charge in [0.05, 0.1) is 0 Å². The second-order valence-corrected chi connectivity index (χ2v) is 6.49. The van der Waals surface area contributed by atoms with Crippen molar-refractivity contribution in [3.63, 3.8) is 0 Å². The number of halogens is 2. The number of nitrogens with two attached hydrogens (primary N) is 1. The molecule has 2 rings (SSSR count). The van der Waals surface area contributed by atoms with Crippen LogP contribution in [-0.2, 0) is 6.42 Å². The second-order valence-electron chi connectivity index (χ2n) is 5.57. The fraction of sp³-hybridized carbons (Fsp3) is 0.600. The van der Waals surface area contributed by atoms with Crippen molar-refractivity contribution in [2.24, 2.45) is 11.1 Å². The van der Waals surface area contributed by atoms with Gasteiger partial charge in [-0.2, -0.15) is 0 Å². The summed E-state index contributed by atoms with van der Waals surface area (Å²) in [5.41, 5.74) is 7.27. The Bertz CT molecular complexity index is 377. The SMILES string of the molecule is NCC1(Cc2cc(F)cc(Br)c2)CCCCCC1. The highest BCUT2D eigenvalue weighted by atomic mass is 79.9. The van der Waals surface area contributed by atoms with E-state index in [1.165, 1.54) is 44.6 Å². The average Bonchev–Trinajstić information content (AvgIpc) is 2.54. The van der Waals surface area contributed by atoms with Crippen LogP contribution >= 0.6 is 15.9 Å². The Morgan fingerprint density at radius 1 is 1.11 bits per heavy atom. The van der Waals surface area contributed by atoms with Crippen molar-refractivity contribution in [3.8, 4) is 0 Å². The summed E-state index contributed by atoms with van der Waals surface area (Å²) in [7, 11) is 0. The van der Waals surface area contributed by atoms with Gasteiger partial charge >= 0.3 is 0 Å². The summed E-state index contributed by atoms with van der Waals surface area (Å²) in [5.74, 6) is -0.167. The Labute approximate surface area is 117 Å². The summed E-state index contributed by atoms with van der Waals surface area (Å²) >= 11 is 3.36. The van der Waals surface area contributed by atoms with Crippen LogP contribution in [0.1, 0.15) is 44.1 Å². The van der Waals surface area contributed by atoms with Crippen LogP contribution in [0.3, 0.4) is 0 Å². The van der Waals surface area contributed by atoms with Crippen LogP contribution in [0.25, 0.3) is 0 Å². The van der Waals surface area contributed by atoms with Crippen molar-refractivity contribution >= 4 is 15.9 Å². The monoisotopic (exact) mass is 313 g/mol. The lowest BCUT2D eigenvalue weighted by Crippen LogP contribution is -2.32. The van der Waals surface area contributed by atoms with Crippen LogP contribution in [0.15, 0.2) is 22.7 Å². The Morgan fingerprint density at radius 3 is 2.33 bits per heavy atom. The second kappa shape index (κ2) is 6.16. The van der Waals surface area contributed by atoms with Gasteiger partial charge in [0.2, 0.25) is 0 Å². The van der Waals surface area contributed by atoms with Crippen molar-refractivity contribution in [1.29, 1.82) is 0 Å². The minimum Gasteiger partial charge on any atom is -0.330 e. The predicted molar refractivity (Wildman–Crippen MR) is 77.0 cm³/mol. The molecule has 1 aliphatic carbocycles. The minimum absolute atomic E-state index is 0.167. The molecule has 0 spiro atoms. The van der Waals surface area contributed by atoms with E-state index >= 15 is 0 Å². The average molecular weight is 314 g/mol. The van der Waals surface area contributed by atoms with E-state index in [0.717, 1.165) is 16.5 Å². The lowest BCUT2D eigenvalue weighted by Gasteiger charge is -2.31. The summed E-state index contributed by atoms with van der Waals surface area (Å²) < 4.78 is 14.2. The largest absolute Gasteiger partial charge is 0.330 e. The molecule has 0 atom stereocenters. The third kappa shape index (κ3) is 3.55. The summed E-state index contributed by atoms with van der Waals surface area (Å²) in [4.78, 5) is 0. The highest BCUT2D eigenvalue weighted by molar-refractivity contribution is 9.10. The molecule has 1 aliphatic rings. The van der Waals surface area contributed by atoms with Crippen LogP contribution in [-0.4, -0.2) is 6.54 Å². The molecule has 0 unspecified atom stereocenters. The van der Waals surface area contributed by atoms with Crippen LogP contribution in [0.5, 0.6) is 0 Å². The van der Waals surface area contributed by atoms with Crippen molar-refractivity contribution in [1.82, 2.24) is 0 Å². The van der Waals surface area contributed by atoms with Gasteiger partial charge in [0.1, 0.15) is 5.82 Å². The maximum Gasteiger partial charge on any atom is 0.124 e. The molecule has 0 aromatic heterocycles. The van der Waals surface area contributed by atoms with E-state index in [2.05, 4.69) is 15.9 Å². The lowest BCUT2D eigenvalue weighted by molar-refractivity contribution is 0.252. The van der Waals surface area contributed by atoms with Gasteiger partial charge in [-0.3, -0.25) is 0 Å². The van der Waals surface area contributed by atoms with Gasteiger partial charge in [0.15, 0.2) is 0 Å². The molecule has 1 nitrogen and oxygen atoms in total. The molecule has 0 amide bonds. The summed E-state index contributed by atoms with van der Waals surface area (Å²) in [6.45, 7) is 0.709. The van der Waals surface area contributed by atoms with Crippen molar-refractivity contribution in [2.45, 2.75) is 44.9 Å². The lowest BCUT2D eigenvalue weighted by atomic mass is 9.75.